The molecule has 0 bridgehead atoms. The van der Waals surface area contributed by atoms with Gasteiger partial charge in [-0.25, -0.2) is 9.38 Å². The molecule has 2 rings (SSSR count). The van der Waals surface area contributed by atoms with Gasteiger partial charge in [-0.15, -0.1) is 11.3 Å². The molecule has 146 valence electrons. The number of ether oxygens (including phenoxy) is 1. The highest BCUT2D eigenvalue weighted by Gasteiger charge is 2.07. The van der Waals surface area contributed by atoms with Gasteiger partial charge in [0.1, 0.15) is 11.6 Å². The number of benzene rings is 1. The monoisotopic (exact) mass is 392 g/mol. The van der Waals surface area contributed by atoms with Crippen molar-refractivity contribution in [3.63, 3.8) is 0 Å². The van der Waals surface area contributed by atoms with Gasteiger partial charge in [-0.2, -0.15) is 0 Å². The average molecular weight is 393 g/mol. The van der Waals surface area contributed by atoms with E-state index in [4.69, 9.17) is 4.74 Å². The van der Waals surface area contributed by atoms with Crippen molar-refractivity contribution >= 4 is 23.2 Å². The molecule has 6 nitrogen and oxygen atoms in total. The number of nitrogens with zero attached hydrogens (tertiary/aromatic N) is 2. The first-order chi connectivity index (χ1) is 13.0. The summed E-state index contributed by atoms with van der Waals surface area (Å²) in [7, 11) is 4.89. The molecule has 0 saturated carbocycles. The molecule has 1 aromatic carbocycles. The van der Waals surface area contributed by atoms with Crippen LogP contribution in [0.3, 0.4) is 0 Å². The van der Waals surface area contributed by atoms with Crippen LogP contribution in [0.2, 0.25) is 0 Å². The van der Waals surface area contributed by atoms with Crippen LogP contribution >= 0.6 is 11.3 Å². The van der Waals surface area contributed by atoms with Crippen LogP contribution in [0.1, 0.15) is 10.4 Å². The van der Waals surface area contributed by atoms with Gasteiger partial charge in [-0.05, 0) is 35.6 Å². The van der Waals surface area contributed by atoms with Crippen LogP contribution in [0.15, 0.2) is 40.7 Å². The number of likely N-dealkylation sites (N-methyl/N-ethyl adjacent to an activating group) is 1. The number of hydrogen-bond donors (Lipinski definition) is 2. The van der Waals surface area contributed by atoms with Crippen LogP contribution < -0.4 is 15.4 Å². The molecule has 1 amide bonds. The molecule has 0 atom stereocenters. The molecule has 0 fully saturated rings. The molecule has 0 aliphatic rings. The fourth-order valence-electron chi connectivity index (χ4n) is 2.25. The molecule has 0 aliphatic carbocycles. The lowest BCUT2D eigenvalue weighted by Gasteiger charge is -2.15. The number of guanidine groups is 1. The van der Waals surface area contributed by atoms with Crippen molar-refractivity contribution in [2.45, 2.75) is 13.0 Å². The smallest absolute Gasteiger partial charge is 0.241 e. The minimum atomic E-state index is -0.373. The second-order valence-electron chi connectivity index (χ2n) is 6.06. The minimum absolute atomic E-state index is 0.0600. The van der Waals surface area contributed by atoms with Crippen molar-refractivity contribution in [2.24, 2.45) is 4.99 Å². The molecule has 0 saturated heterocycles. The third-order valence-electron chi connectivity index (χ3n) is 3.74. The van der Waals surface area contributed by atoms with E-state index in [-0.39, 0.29) is 24.8 Å². The fraction of sp³-hybridized carbons (Fsp3) is 0.368. The van der Waals surface area contributed by atoms with Crippen LogP contribution in [0.25, 0.3) is 0 Å². The van der Waals surface area contributed by atoms with Crippen molar-refractivity contribution in [2.75, 3.05) is 34.3 Å². The average Bonchev–Trinajstić information content (AvgIpc) is 3.16. The largest absolute Gasteiger partial charge is 0.497 e. The standard InChI is InChI=1S/C19H25FN4O2S/c1-24(2)18(25)13-23-19(21-7-6-17-5-4-8-27-17)22-12-14-9-15(20)11-16(10-14)26-3/h4-5,8-11H,6-7,12-13H2,1-3H3,(H2,21,22,23). The quantitative estimate of drug-likeness (QED) is 0.534. The molecule has 2 N–H and O–H groups in total. The molecule has 2 aromatic rings. The summed E-state index contributed by atoms with van der Waals surface area (Å²) in [5.41, 5.74) is 0.685. The number of amides is 1. The lowest BCUT2D eigenvalue weighted by molar-refractivity contribution is -0.127. The maximum absolute atomic E-state index is 13.6. The zero-order valence-corrected chi connectivity index (χ0v) is 16.6. The van der Waals surface area contributed by atoms with Crippen molar-refractivity contribution in [1.82, 2.24) is 15.5 Å². The first-order valence-electron chi connectivity index (χ1n) is 8.56. The van der Waals surface area contributed by atoms with Gasteiger partial charge in [0.25, 0.3) is 0 Å². The van der Waals surface area contributed by atoms with Crippen molar-refractivity contribution in [1.29, 1.82) is 0 Å². The summed E-state index contributed by atoms with van der Waals surface area (Å²) in [6, 6.07) is 8.56. The molecule has 0 unspecified atom stereocenters. The van der Waals surface area contributed by atoms with Gasteiger partial charge in [0.05, 0.1) is 20.2 Å². The molecule has 1 aromatic heterocycles. The second kappa shape index (κ2) is 10.5. The molecule has 8 heteroatoms. The predicted octanol–water partition coefficient (Wildman–Crippen LogP) is 2.26. The van der Waals surface area contributed by atoms with Crippen LogP contribution in [0, 0.1) is 5.82 Å². The van der Waals surface area contributed by atoms with E-state index in [0.717, 1.165) is 6.42 Å². The summed E-state index contributed by atoms with van der Waals surface area (Å²) in [5, 5.41) is 8.27. The molecular formula is C19H25FN4O2S. The maximum Gasteiger partial charge on any atom is 0.241 e. The Labute approximate surface area is 163 Å². The highest BCUT2D eigenvalue weighted by molar-refractivity contribution is 7.09. The summed E-state index contributed by atoms with van der Waals surface area (Å²) >= 11 is 1.70. The fourth-order valence-corrected chi connectivity index (χ4v) is 2.96. The van der Waals surface area contributed by atoms with E-state index in [1.807, 2.05) is 11.4 Å². The highest BCUT2D eigenvalue weighted by atomic mass is 32.1. The zero-order chi connectivity index (χ0) is 19.6. The Hall–Kier alpha value is -2.61. The number of rotatable bonds is 8. The lowest BCUT2D eigenvalue weighted by atomic mass is 10.2. The number of halogens is 1. The number of nitrogens with one attached hydrogen (secondary N) is 2. The molecular weight excluding hydrogens is 367 g/mol. The lowest BCUT2D eigenvalue weighted by Crippen LogP contribution is -2.43. The highest BCUT2D eigenvalue weighted by Crippen LogP contribution is 2.16. The first-order valence-corrected chi connectivity index (χ1v) is 9.44. The van der Waals surface area contributed by atoms with Gasteiger partial charge in [0, 0.05) is 31.6 Å². The summed E-state index contributed by atoms with van der Waals surface area (Å²) in [6.07, 6.45) is 0.855. The molecule has 0 aliphatic heterocycles. The topological polar surface area (TPSA) is 66.0 Å². The maximum atomic E-state index is 13.6. The summed E-state index contributed by atoms with van der Waals surface area (Å²) in [4.78, 5) is 19.1. The summed E-state index contributed by atoms with van der Waals surface area (Å²) < 4.78 is 18.7. The van der Waals surface area contributed by atoms with E-state index >= 15 is 0 Å². The summed E-state index contributed by atoms with van der Waals surface area (Å²) in [5.74, 6) is 0.519. The Balaban J connectivity index is 2.01. The van der Waals surface area contributed by atoms with Crippen molar-refractivity contribution in [3.8, 4) is 5.75 Å². The Morgan fingerprint density at radius 2 is 2.11 bits per heavy atom. The van der Waals surface area contributed by atoms with Gasteiger partial charge in [0.15, 0.2) is 5.96 Å². The first kappa shape index (κ1) is 20.7. The Bertz CT molecular complexity index is 763. The minimum Gasteiger partial charge on any atom is -0.497 e. The van der Waals surface area contributed by atoms with Crippen LogP contribution in [0.4, 0.5) is 4.39 Å². The van der Waals surface area contributed by atoms with E-state index < -0.39 is 0 Å². The molecule has 1 heterocycles. The second-order valence-corrected chi connectivity index (χ2v) is 7.09. The number of methoxy groups -OCH3 is 1. The number of aliphatic imine (C=N–C) groups is 1. The van der Waals surface area contributed by atoms with E-state index in [9.17, 15) is 9.18 Å². The van der Waals surface area contributed by atoms with Crippen molar-refractivity contribution < 1.29 is 13.9 Å². The molecule has 27 heavy (non-hydrogen) atoms. The third-order valence-corrected chi connectivity index (χ3v) is 4.67. The Morgan fingerprint density at radius 3 is 2.78 bits per heavy atom. The van der Waals surface area contributed by atoms with Gasteiger partial charge in [0.2, 0.25) is 5.91 Å². The van der Waals surface area contributed by atoms with Gasteiger partial charge in [-0.1, -0.05) is 6.07 Å². The Morgan fingerprint density at radius 1 is 1.30 bits per heavy atom. The molecule has 0 radical (unpaired) electrons. The van der Waals surface area contributed by atoms with Crippen LogP contribution in [-0.4, -0.2) is 51.1 Å². The SMILES string of the molecule is COc1cc(F)cc(CN=C(NCCc2cccs2)NCC(=O)N(C)C)c1. The summed E-state index contributed by atoms with van der Waals surface area (Å²) in [6.45, 7) is 1.07. The van der Waals surface area contributed by atoms with E-state index in [2.05, 4.69) is 21.7 Å². The number of carbonyl (C=O) groups excluding carboxylic acids is 1. The zero-order valence-electron chi connectivity index (χ0n) is 15.8. The van der Waals surface area contributed by atoms with E-state index in [0.29, 0.717) is 23.8 Å². The van der Waals surface area contributed by atoms with Gasteiger partial charge >= 0.3 is 0 Å². The van der Waals surface area contributed by atoms with Gasteiger partial charge in [-0.3, -0.25) is 4.79 Å². The third kappa shape index (κ3) is 7.26. The van der Waals surface area contributed by atoms with Crippen LogP contribution in [-0.2, 0) is 17.8 Å². The van der Waals surface area contributed by atoms with Crippen LogP contribution in [0.5, 0.6) is 5.75 Å². The van der Waals surface area contributed by atoms with E-state index in [1.54, 1.807) is 31.5 Å². The number of hydrogen-bond acceptors (Lipinski definition) is 4. The normalized spacial score (nSPS) is 11.2. The number of thiophene rings is 1. The van der Waals surface area contributed by atoms with Crippen molar-refractivity contribution in [3.05, 3.63) is 52.0 Å². The Kier molecular flexibility index (Phi) is 8.06. The predicted molar refractivity (Wildman–Crippen MR) is 107 cm³/mol. The number of carbonyl (C=O) groups is 1. The molecule has 0 spiro atoms. The van der Waals surface area contributed by atoms with Gasteiger partial charge < -0.3 is 20.3 Å². The van der Waals surface area contributed by atoms with E-state index in [1.165, 1.54) is 29.0 Å².